The van der Waals surface area contributed by atoms with E-state index in [0.29, 0.717) is 6.04 Å². The second-order valence-electron chi connectivity index (χ2n) is 5.03. The molecule has 1 saturated carbocycles. The normalized spacial score (nSPS) is 18.4. The molecule has 0 spiro atoms. The van der Waals surface area contributed by atoms with Gasteiger partial charge in [0.05, 0.1) is 6.04 Å². The van der Waals surface area contributed by atoms with Gasteiger partial charge in [0.25, 0.3) is 0 Å². The van der Waals surface area contributed by atoms with Crippen molar-refractivity contribution in [1.82, 2.24) is 5.43 Å². The number of hydrogen-bond donors (Lipinski definition) is 2. The van der Waals surface area contributed by atoms with Gasteiger partial charge in [0, 0.05) is 6.42 Å². The van der Waals surface area contributed by atoms with Gasteiger partial charge in [-0.2, -0.15) is 0 Å². The van der Waals surface area contributed by atoms with Crippen molar-refractivity contribution in [3.63, 3.8) is 0 Å². The minimum atomic E-state index is 0.460. The molecule has 0 aliphatic heterocycles. The second-order valence-corrected chi connectivity index (χ2v) is 5.03. The van der Waals surface area contributed by atoms with Crippen LogP contribution in [0.25, 0.3) is 0 Å². The van der Waals surface area contributed by atoms with Gasteiger partial charge in [0.2, 0.25) is 0 Å². The summed E-state index contributed by atoms with van der Waals surface area (Å²) in [7, 11) is 0. The zero-order valence-corrected chi connectivity index (χ0v) is 10.9. The third-order valence-corrected chi connectivity index (χ3v) is 3.54. The van der Waals surface area contributed by atoms with Gasteiger partial charge < -0.3 is 5.43 Å². The Morgan fingerprint density at radius 3 is 2.39 bits per heavy atom. The molecule has 1 aliphatic rings. The topological polar surface area (TPSA) is 50.4 Å². The van der Waals surface area contributed by atoms with Crippen LogP contribution >= 0.6 is 0 Å². The molecule has 0 saturated heterocycles. The van der Waals surface area contributed by atoms with E-state index in [2.05, 4.69) is 29.7 Å². The van der Waals surface area contributed by atoms with Crippen molar-refractivity contribution in [2.24, 2.45) is 10.8 Å². The Hall–Kier alpha value is -1.35. The van der Waals surface area contributed by atoms with E-state index in [1.54, 1.807) is 0 Å². The highest BCUT2D eigenvalue weighted by Crippen LogP contribution is 2.20. The van der Waals surface area contributed by atoms with Crippen molar-refractivity contribution in [3.05, 3.63) is 35.9 Å². The molecule has 0 radical (unpaired) electrons. The largest absolute Gasteiger partial charge is 0.312 e. The molecule has 2 rings (SSSR count). The van der Waals surface area contributed by atoms with Gasteiger partial charge in [-0.05, 0) is 18.4 Å². The third-order valence-electron chi connectivity index (χ3n) is 3.54. The molecule has 3 N–H and O–H groups in total. The summed E-state index contributed by atoms with van der Waals surface area (Å²) in [5.41, 5.74) is 4.02. The molecule has 1 aromatic rings. The molecular weight excluding hydrogens is 222 g/mol. The summed E-state index contributed by atoms with van der Waals surface area (Å²) < 4.78 is 0. The maximum absolute atomic E-state index is 5.60. The van der Waals surface area contributed by atoms with Crippen molar-refractivity contribution in [3.8, 4) is 0 Å². The van der Waals surface area contributed by atoms with Gasteiger partial charge in [0.15, 0.2) is 0 Å². The zero-order chi connectivity index (χ0) is 12.6. The van der Waals surface area contributed by atoms with Crippen LogP contribution in [0.15, 0.2) is 35.3 Å². The fraction of sp³-hybridized carbons (Fsp3) is 0.533. The first-order chi connectivity index (χ1) is 8.88. The van der Waals surface area contributed by atoms with E-state index in [9.17, 15) is 0 Å². The molecule has 0 bridgehead atoms. The Morgan fingerprint density at radius 2 is 1.78 bits per heavy atom. The van der Waals surface area contributed by atoms with E-state index in [4.69, 9.17) is 10.8 Å². The lowest BCUT2D eigenvalue weighted by atomic mass is 10.1. The minimum Gasteiger partial charge on any atom is -0.312 e. The highest BCUT2D eigenvalue weighted by molar-refractivity contribution is 5.84. The molecule has 1 aromatic carbocycles. The van der Waals surface area contributed by atoms with Crippen molar-refractivity contribution in [1.29, 1.82) is 0 Å². The monoisotopic (exact) mass is 245 g/mol. The molecule has 3 nitrogen and oxygen atoms in total. The molecule has 0 amide bonds. The first-order valence-electron chi connectivity index (χ1n) is 6.95. The van der Waals surface area contributed by atoms with Crippen LogP contribution in [-0.4, -0.2) is 11.9 Å². The smallest absolute Gasteiger partial charge is 0.115 e. The molecule has 3 heteroatoms. The van der Waals surface area contributed by atoms with Crippen molar-refractivity contribution >= 4 is 5.84 Å². The Bertz CT molecular complexity index is 365. The summed E-state index contributed by atoms with van der Waals surface area (Å²) in [6.07, 6.45) is 8.54. The quantitative estimate of drug-likeness (QED) is 0.283. The number of amidine groups is 1. The Kier molecular flexibility index (Phi) is 5.21. The lowest BCUT2D eigenvalue weighted by Gasteiger charge is -2.12. The summed E-state index contributed by atoms with van der Waals surface area (Å²) in [6.45, 7) is 0. The van der Waals surface area contributed by atoms with Crippen molar-refractivity contribution in [2.75, 3.05) is 0 Å². The highest BCUT2D eigenvalue weighted by Gasteiger charge is 2.12. The van der Waals surface area contributed by atoms with Crippen LogP contribution < -0.4 is 11.3 Å². The summed E-state index contributed by atoms with van der Waals surface area (Å²) in [4.78, 5) is 4.79. The number of nitrogens with two attached hydrogens (primary N) is 1. The van der Waals surface area contributed by atoms with Gasteiger partial charge in [-0.15, -0.1) is 0 Å². The molecular formula is C15H23N3. The van der Waals surface area contributed by atoms with Crippen LogP contribution in [-0.2, 0) is 6.42 Å². The van der Waals surface area contributed by atoms with Crippen LogP contribution in [0, 0.1) is 0 Å². The maximum atomic E-state index is 5.60. The summed E-state index contributed by atoms with van der Waals surface area (Å²) in [5, 5.41) is 0. The van der Waals surface area contributed by atoms with E-state index >= 15 is 0 Å². The van der Waals surface area contributed by atoms with Crippen LogP contribution in [0.3, 0.4) is 0 Å². The molecule has 0 heterocycles. The molecule has 18 heavy (non-hydrogen) atoms. The number of hydrogen-bond acceptors (Lipinski definition) is 2. The molecule has 0 aromatic heterocycles. The van der Waals surface area contributed by atoms with Crippen LogP contribution in [0.1, 0.15) is 44.1 Å². The van der Waals surface area contributed by atoms with E-state index in [0.717, 1.165) is 12.3 Å². The van der Waals surface area contributed by atoms with Crippen molar-refractivity contribution < 1.29 is 0 Å². The summed E-state index contributed by atoms with van der Waals surface area (Å²) in [6, 6.07) is 10.8. The van der Waals surface area contributed by atoms with Crippen LogP contribution in [0.5, 0.6) is 0 Å². The van der Waals surface area contributed by atoms with E-state index in [1.165, 1.54) is 44.1 Å². The number of nitrogens with one attached hydrogen (secondary N) is 1. The number of nitrogens with zero attached hydrogens (tertiary/aromatic N) is 1. The van der Waals surface area contributed by atoms with Crippen LogP contribution in [0.4, 0.5) is 0 Å². The number of aliphatic imine (C=N–C) groups is 1. The number of hydrazine groups is 1. The van der Waals surface area contributed by atoms with Gasteiger partial charge >= 0.3 is 0 Å². The molecule has 0 unspecified atom stereocenters. The third kappa shape index (κ3) is 4.15. The van der Waals surface area contributed by atoms with Gasteiger partial charge in [-0.3, -0.25) is 4.99 Å². The second kappa shape index (κ2) is 7.17. The summed E-state index contributed by atoms with van der Waals surface area (Å²) in [5.74, 6) is 6.51. The highest BCUT2D eigenvalue weighted by atomic mass is 15.3. The first-order valence-corrected chi connectivity index (χ1v) is 6.95. The zero-order valence-electron chi connectivity index (χ0n) is 10.9. The van der Waals surface area contributed by atoms with Gasteiger partial charge in [0.1, 0.15) is 5.84 Å². The van der Waals surface area contributed by atoms with E-state index in [1.807, 2.05) is 6.07 Å². The average Bonchev–Trinajstić information content (AvgIpc) is 2.68. The molecule has 1 aliphatic carbocycles. The predicted molar refractivity (Wildman–Crippen MR) is 76.4 cm³/mol. The first kappa shape index (κ1) is 13.1. The standard InChI is InChI=1S/C15H23N3/c16-18-15(12-13-8-4-3-5-9-13)17-14-10-6-1-2-7-11-14/h3-5,8-9,14H,1-2,6-7,10-12,16H2,(H,17,18). The fourth-order valence-electron chi connectivity index (χ4n) is 2.53. The summed E-state index contributed by atoms with van der Waals surface area (Å²) >= 11 is 0. The molecule has 0 atom stereocenters. The molecule has 98 valence electrons. The van der Waals surface area contributed by atoms with Crippen LogP contribution in [0.2, 0.25) is 0 Å². The molecule has 1 fully saturated rings. The average molecular weight is 245 g/mol. The van der Waals surface area contributed by atoms with Gasteiger partial charge in [-0.25, -0.2) is 5.84 Å². The van der Waals surface area contributed by atoms with E-state index < -0.39 is 0 Å². The predicted octanol–water partition coefficient (Wildman–Crippen LogP) is 2.81. The van der Waals surface area contributed by atoms with Crippen molar-refractivity contribution in [2.45, 2.75) is 51.0 Å². The number of rotatable bonds is 3. The lowest BCUT2D eigenvalue weighted by molar-refractivity contribution is 0.581. The Labute approximate surface area is 109 Å². The number of benzene rings is 1. The minimum absolute atomic E-state index is 0.460. The lowest BCUT2D eigenvalue weighted by Crippen LogP contribution is -2.33. The fourth-order valence-corrected chi connectivity index (χ4v) is 2.53. The van der Waals surface area contributed by atoms with E-state index in [-0.39, 0.29) is 0 Å². The SMILES string of the molecule is NNC(Cc1ccccc1)=NC1CCCCCC1. The maximum Gasteiger partial charge on any atom is 0.115 e. The Morgan fingerprint density at radius 1 is 1.11 bits per heavy atom. The van der Waals surface area contributed by atoms with Gasteiger partial charge in [-0.1, -0.05) is 56.0 Å². The Balaban J connectivity index is 1.98.